The zero-order valence-corrected chi connectivity index (χ0v) is 15.7. The summed E-state index contributed by atoms with van der Waals surface area (Å²) in [6.07, 6.45) is -0.131. The number of hydrogen-bond donors (Lipinski definition) is 1. The van der Waals surface area contributed by atoms with Gasteiger partial charge < -0.3 is 19.5 Å². The maximum atomic E-state index is 12.0. The molecule has 26 heavy (non-hydrogen) atoms. The van der Waals surface area contributed by atoms with Crippen LogP contribution in [0.2, 0.25) is 10.0 Å². The molecule has 0 saturated carbocycles. The summed E-state index contributed by atoms with van der Waals surface area (Å²) in [5, 5.41) is 3.33. The Bertz CT molecular complexity index is 790. The van der Waals surface area contributed by atoms with E-state index in [1.807, 2.05) is 0 Å². The molecule has 2 aromatic rings. The van der Waals surface area contributed by atoms with Crippen molar-refractivity contribution in [3.05, 3.63) is 52.0 Å². The molecule has 0 aliphatic rings. The summed E-state index contributed by atoms with van der Waals surface area (Å²) in [5.74, 6) is -0.136. The van der Waals surface area contributed by atoms with Crippen molar-refractivity contribution in [1.82, 2.24) is 0 Å². The van der Waals surface area contributed by atoms with E-state index in [4.69, 9.17) is 37.4 Å². The first-order chi connectivity index (χ1) is 12.4. The van der Waals surface area contributed by atoms with E-state index in [0.29, 0.717) is 32.8 Å². The van der Waals surface area contributed by atoms with E-state index in [0.717, 1.165) is 0 Å². The number of halogens is 2. The van der Waals surface area contributed by atoms with E-state index in [-0.39, 0.29) is 6.42 Å². The van der Waals surface area contributed by atoms with Crippen LogP contribution < -0.4 is 14.8 Å². The molecule has 138 valence electrons. The topological polar surface area (TPSA) is 73.9 Å². The predicted octanol–water partition coefficient (Wildman–Crippen LogP) is 3.74. The fraction of sp³-hybridized carbons (Fsp3) is 0.222. The van der Waals surface area contributed by atoms with Crippen LogP contribution in [0.4, 0.5) is 5.69 Å². The number of ether oxygens (including phenoxy) is 3. The van der Waals surface area contributed by atoms with Crippen molar-refractivity contribution >= 4 is 40.8 Å². The highest BCUT2D eigenvalue weighted by Gasteiger charge is 2.15. The molecule has 0 fully saturated rings. The molecule has 2 rings (SSSR count). The van der Waals surface area contributed by atoms with Crippen molar-refractivity contribution in [3.63, 3.8) is 0 Å². The third-order valence-electron chi connectivity index (χ3n) is 3.43. The highest BCUT2D eigenvalue weighted by atomic mass is 35.5. The fourth-order valence-corrected chi connectivity index (χ4v) is 2.67. The average Bonchev–Trinajstić information content (AvgIpc) is 2.63. The first-order valence-electron chi connectivity index (χ1n) is 7.55. The third kappa shape index (κ3) is 5.28. The number of benzene rings is 2. The molecule has 0 saturated heterocycles. The minimum Gasteiger partial charge on any atom is -0.497 e. The van der Waals surface area contributed by atoms with Gasteiger partial charge in [0.2, 0.25) is 0 Å². The Kier molecular flexibility index (Phi) is 7.12. The van der Waals surface area contributed by atoms with E-state index in [2.05, 4.69) is 5.32 Å². The highest BCUT2D eigenvalue weighted by molar-refractivity contribution is 6.36. The standard InChI is InChI=1S/C18H17Cl2NO5/c1-24-11-6-7-16(25-2)15(8-11)21-17(22)10-26-18(23)9-12-13(19)4-3-5-14(12)20/h3-8H,9-10H2,1-2H3,(H,21,22). The van der Waals surface area contributed by atoms with E-state index in [1.54, 1.807) is 36.4 Å². The number of amides is 1. The van der Waals surface area contributed by atoms with Gasteiger partial charge in [0.25, 0.3) is 5.91 Å². The van der Waals surface area contributed by atoms with Gasteiger partial charge in [0.15, 0.2) is 6.61 Å². The summed E-state index contributed by atoms with van der Waals surface area (Å²) >= 11 is 12.0. The van der Waals surface area contributed by atoms with Crippen molar-refractivity contribution < 1.29 is 23.8 Å². The second-order valence-electron chi connectivity index (χ2n) is 5.15. The van der Waals surface area contributed by atoms with Gasteiger partial charge in [-0.2, -0.15) is 0 Å². The molecule has 0 aromatic heterocycles. The SMILES string of the molecule is COc1ccc(OC)c(NC(=O)COC(=O)Cc2c(Cl)cccc2Cl)c1. The van der Waals surface area contributed by atoms with Crippen molar-refractivity contribution in [2.45, 2.75) is 6.42 Å². The molecule has 1 amide bonds. The van der Waals surface area contributed by atoms with Gasteiger partial charge in [0.05, 0.1) is 26.3 Å². The van der Waals surface area contributed by atoms with Crippen LogP contribution in [0.15, 0.2) is 36.4 Å². The first-order valence-corrected chi connectivity index (χ1v) is 8.30. The zero-order valence-electron chi connectivity index (χ0n) is 14.2. The maximum Gasteiger partial charge on any atom is 0.310 e. The van der Waals surface area contributed by atoms with Crippen LogP contribution in [0.5, 0.6) is 11.5 Å². The van der Waals surface area contributed by atoms with Crippen LogP contribution in [0.25, 0.3) is 0 Å². The maximum absolute atomic E-state index is 12.0. The summed E-state index contributed by atoms with van der Waals surface area (Å²) in [4.78, 5) is 24.0. The monoisotopic (exact) mass is 397 g/mol. The third-order valence-corrected chi connectivity index (χ3v) is 4.14. The Hall–Kier alpha value is -2.44. The lowest BCUT2D eigenvalue weighted by molar-refractivity contribution is -0.146. The van der Waals surface area contributed by atoms with E-state index in [9.17, 15) is 9.59 Å². The number of anilines is 1. The number of rotatable bonds is 7. The smallest absolute Gasteiger partial charge is 0.310 e. The van der Waals surface area contributed by atoms with Crippen LogP contribution in [-0.2, 0) is 20.7 Å². The van der Waals surface area contributed by atoms with Gasteiger partial charge in [0, 0.05) is 21.7 Å². The molecule has 0 spiro atoms. The Morgan fingerprint density at radius 2 is 1.73 bits per heavy atom. The Morgan fingerprint density at radius 1 is 1.04 bits per heavy atom. The lowest BCUT2D eigenvalue weighted by Gasteiger charge is -2.12. The zero-order chi connectivity index (χ0) is 19.1. The molecular weight excluding hydrogens is 381 g/mol. The van der Waals surface area contributed by atoms with Gasteiger partial charge in [-0.15, -0.1) is 0 Å². The van der Waals surface area contributed by atoms with Gasteiger partial charge in [-0.05, 0) is 24.3 Å². The van der Waals surface area contributed by atoms with Crippen LogP contribution in [-0.4, -0.2) is 32.7 Å². The van der Waals surface area contributed by atoms with Crippen molar-refractivity contribution in [2.24, 2.45) is 0 Å². The molecule has 0 bridgehead atoms. The number of carbonyl (C=O) groups excluding carboxylic acids is 2. The quantitative estimate of drug-likeness (QED) is 0.720. The first kappa shape index (κ1) is 19.9. The second kappa shape index (κ2) is 9.31. The summed E-state index contributed by atoms with van der Waals surface area (Å²) < 4.78 is 15.3. The van der Waals surface area contributed by atoms with Crippen LogP contribution in [0.3, 0.4) is 0 Å². The highest BCUT2D eigenvalue weighted by Crippen LogP contribution is 2.29. The average molecular weight is 398 g/mol. The van der Waals surface area contributed by atoms with Gasteiger partial charge in [-0.3, -0.25) is 9.59 Å². The van der Waals surface area contributed by atoms with E-state index >= 15 is 0 Å². The number of nitrogens with one attached hydrogen (secondary N) is 1. The van der Waals surface area contributed by atoms with Crippen LogP contribution in [0, 0.1) is 0 Å². The summed E-state index contributed by atoms with van der Waals surface area (Å²) in [7, 11) is 2.99. The van der Waals surface area contributed by atoms with E-state index in [1.165, 1.54) is 14.2 Å². The molecule has 0 unspecified atom stereocenters. The number of hydrogen-bond acceptors (Lipinski definition) is 5. The van der Waals surface area contributed by atoms with Gasteiger partial charge >= 0.3 is 5.97 Å². The second-order valence-corrected chi connectivity index (χ2v) is 5.97. The van der Waals surface area contributed by atoms with Crippen LogP contribution in [0.1, 0.15) is 5.56 Å². The van der Waals surface area contributed by atoms with Crippen molar-refractivity contribution in [3.8, 4) is 11.5 Å². The largest absolute Gasteiger partial charge is 0.497 e. The summed E-state index contributed by atoms with van der Waals surface area (Å²) in [6.45, 7) is -0.457. The summed E-state index contributed by atoms with van der Waals surface area (Å²) in [6, 6.07) is 9.87. The number of esters is 1. The minimum atomic E-state index is -0.618. The Labute approximate surface area is 160 Å². The minimum absolute atomic E-state index is 0.131. The molecule has 8 heteroatoms. The predicted molar refractivity (Wildman–Crippen MR) is 99.3 cm³/mol. The molecule has 0 heterocycles. The van der Waals surface area contributed by atoms with Crippen LogP contribution >= 0.6 is 23.2 Å². The van der Waals surface area contributed by atoms with Gasteiger partial charge in [0.1, 0.15) is 11.5 Å². The Morgan fingerprint density at radius 3 is 2.35 bits per heavy atom. The lowest BCUT2D eigenvalue weighted by atomic mass is 10.1. The molecule has 6 nitrogen and oxygen atoms in total. The number of carbonyl (C=O) groups is 2. The molecular formula is C18H17Cl2NO5. The molecule has 0 aliphatic heterocycles. The molecule has 0 atom stereocenters. The van der Waals surface area contributed by atoms with Crippen molar-refractivity contribution in [2.75, 3.05) is 26.1 Å². The number of methoxy groups -OCH3 is 2. The lowest BCUT2D eigenvalue weighted by Crippen LogP contribution is -2.22. The van der Waals surface area contributed by atoms with Gasteiger partial charge in [-0.25, -0.2) is 0 Å². The van der Waals surface area contributed by atoms with Gasteiger partial charge in [-0.1, -0.05) is 29.3 Å². The molecule has 0 aliphatic carbocycles. The fourth-order valence-electron chi connectivity index (χ4n) is 2.14. The summed E-state index contributed by atoms with van der Waals surface area (Å²) in [5.41, 5.74) is 0.859. The molecule has 2 aromatic carbocycles. The Balaban J connectivity index is 1.93. The molecule has 1 N–H and O–H groups in total. The normalized spacial score (nSPS) is 10.2. The molecule has 0 radical (unpaired) electrons. The van der Waals surface area contributed by atoms with E-state index < -0.39 is 18.5 Å². The van der Waals surface area contributed by atoms with Crippen molar-refractivity contribution in [1.29, 1.82) is 0 Å².